The molecule has 1 N–H and O–H groups in total. The molecular weight excluding hydrogens is 316 g/mol. The molecule has 1 saturated heterocycles. The summed E-state index contributed by atoms with van der Waals surface area (Å²) in [6, 6.07) is 0. The molecule has 0 unspecified atom stereocenters. The maximum Gasteiger partial charge on any atom is 0.303 e. The van der Waals surface area contributed by atoms with Crippen molar-refractivity contribution in [1.82, 2.24) is 0 Å². The van der Waals surface area contributed by atoms with Crippen LogP contribution in [0.4, 0.5) is 0 Å². The van der Waals surface area contributed by atoms with Gasteiger partial charge in [-0.2, -0.15) is 0 Å². The van der Waals surface area contributed by atoms with Gasteiger partial charge in [0.15, 0.2) is 11.9 Å². The van der Waals surface area contributed by atoms with Gasteiger partial charge in [0.25, 0.3) is 0 Å². The van der Waals surface area contributed by atoms with Crippen molar-refractivity contribution in [2.45, 2.75) is 89.9 Å². The lowest BCUT2D eigenvalue weighted by Gasteiger charge is -2.44. The van der Waals surface area contributed by atoms with Gasteiger partial charge in [-0.1, -0.05) is 13.8 Å². The third kappa shape index (κ3) is 4.26. The van der Waals surface area contributed by atoms with Gasteiger partial charge in [-0.25, -0.2) is 0 Å². The molecule has 2 aliphatic rings. The molecule has 24 heavy (non-hydrogen) atoms. The van der Waals surface area contributed by atoms with Crippen molar-refractivity contribution in [3.05, 3.63) is 0 Å². The van der Waals surface area contributed by atoms with Crippen molar-refractivity contribution in [1.29, 1.82) is 0 Å². The van der Waals surface area contributed by atoms with Gasteiger partial charge >= 0.3 is 5.97 Å². The number of aliphatic hydroxyl groups is 1. The van der Waals surface area contributed by atoms with Crippen LogP contribution in [-0.2, 0) is 28.5 Å². The van der Waals surface area contributed by atoms with Gasteiger partial charge in [0.05, 0.1) is 0 Å². The van der Waals surface area contributed by atoms with Crippen LogP contribution >= 0.6 is 0 Å². The molecule has 7 nitrogen and oxygen atoms in total. The van der Waals surface area contributed by atoms with Crippen LogP contribution < -0.4 is 0 Å². The summed E-state index contributed by atoms with van der Waals surface area (Å²) in [6.07, 6.45) is -2.47. The molecule has 7 heteroatoms. The van der Waals surface area contributed by atoms with Crippen LogP contribution in [0.2, 0.25) is 0 Å². The van der Waals surface area contributed by atoms with Gasteiger partial charge in [-0.05, 0) is 26.7 Å². The normalized spacial score (nSPS) is 37.9. The first kappa shape index (κ1) is 19.6. The second-order valence-corrected chi connectivity index (χ2v) is 6.80. The molecular formula is C17H30O7. The van der Waals surface area contributed by atoms with E-state index in [9.17, 15) is 9.90 Å². The van der Waals surface area contributed by atoms with Crippen LogP contribution in [0.25, 0.3) is 0 Å². The van der Waals surface area contributed by atoms with Crippen LogP contribution in [0.15, 0.2) is 0 Å². The Morgan fingerprint density at radius 3 is 2.00 bits per heavy atom. The molecule has 1 heterocycles. The van der Waals surface area contributed by atoms with Crippen LogP contribution in [-0.4, -0.2) is 66.7 Å². The molecule has 0 bridgehead atoms. The molecule has 1 aliphatic heterocycles. The molecule has 0 aromatic heterocycles. The monoisotopic (exact) mass is 346 g/mol. The van der Waals surface area contributed by atoms with Crippen LogP contribution in [0.3, 0.4) is 0 Å². The Morgan fingerprint density at radius 1 is 1.00 bits per heavy atom. The van der Waals surface area contributed by atoms with E-state index in [-0.39, 0.29) is 0 Å². The smallest absolute Gasteiger partial charge is 0.303 e. The van der Waals surface area contributed by atoms with Crippen LogP contribution in [0.1, 0.15) is 47.5 Å². The van der Waals surface area contributed by atoms with Gasteiger partial charge in [-0.15, -0.1) is 0 Å². The highest BCUT2D eigenvalue weighted by molar-refractivity contribution is 5.66. The zero-order valence-electron chi connectivity index (χ0n) is 15.2. The van der Waals surface area contributed by atoms with Crippen LogP contribution in [0.5, 0.6) is 0 Å². The molecule has 0 aromatic rings. The van der Waals surface area contributed by atoms with E-state index in [0.29, 0.717) is 13.2 Å². The molecule has 2 fully saturated rings. The van der Waals surface area contributed by atoms with Crippen molar-refractivity contribution in [3.63, 3.8) is 0 Å². The highest BCUT2D eigenvalue weighted by Crippen LogP contribution is 2.40. The number of esters is 1. The van der Waals surface area contributed by atoms with E-state index in [4.69, 9.17) is 23.7 Å². The van der Waals surface area contributed by atoms with Crippen LogP contribution in [0, 0.1) is 0 Å². The number of hydrogen-bond donors (Lipinski definition) is 1. The van der Waals surface area contributed by atoms with Crippen molar-refractivity contribution in [3.8, 4) is 0 Å². The highest BCUT2D eigenvalue weighted by Gasteiger charge is 2.60. The third-order valence-corrected chi connectivity index (χ3v) is 4.14. The zero-order valence-corrected chi connectivity index (χ0v) is 15.2. The van der Waals surface area contributed by atoms with E-state index >= 15 is 0 Å². The zero-order chi connectivity index (χ0) is 17.9. The van der Waals surface area contributed by atoms with E-state index in [2.05, 4.69) is 0 Å². The summed E-state index contributed by atoms with van der Waals surface area (Å²) in [6.45, 7) is 9.86. The van der Waals surface area contributed by atoms with Gasteiger partial charge in [0.1, 0.15) is 30.5 Å². The lowest BCUT2D eigenvalue weighted by Crippen LogP contribution is -2.65. The van der Waals surface area contributed by atoms with Gasteiger partial charge < -0.3 is 28.8 Å². The Labute approximate surface area is 143 Å². The van der Waals surface area contributed by atoms with E-state index in [1.54, 1.807) is 0 Å². The fourth-order valence-corrected chi connectivity index (χ4v) is 3.31. The molecule has 1 aliphatic carbocycles. The number of hydrogen-bond acceptors (Lipinski definition) is 7. The van der Waals surface area contributed by atoms with Crippen molar-refractivity contribution in [2.24, 2.45) is 0 Å². The number of aliphatic hydroxyl groups excluding tert-OH is 1. The minimum Gasteiger partial charge on any atom is -0.457 e. The van der Waals surface area contributed by atoms with E-state index in [0.717, 1.165) is 12.8 Å². The molecule has 0 spiro atoms. The summed E-state index contributed by atoms with van der Waals surface area (Å²) < 4.78 is 29.0. The number of ether oxygens (including phenoxy) is 5. The first-order valence-corrected chi connectivity index (χ1v) is 8.74. The predicted octanol–water partition coefficient (Wildman–Crippen LogP) is 1.40. The van der Waals surface area contributed by atoms with E-state index in [1.807, 2.05) is 27.7 Å². The predicted molar refractivity (Wildman–Crippen MR) is 85.4 cm³/mol. The Kier molecular flexibility index (Phi) is 6.61. The van der Waals surface area contributed by atoms with Crippen molar-refractivity contribution in [2.75, 3.05) is 13.2 Å². The van der Waals surface area contributed by atoms with Gasteiger partial charge in [0, 0.05) is 20.1 Å². The maximum atomic E-state index is 11.5. The average Bonchev–Trinajstić information content (AvgIpc) is 2.81. The first-order chi connectivity index (χ1) is 11.3. The Bertz CT molecular complexity index is 425. The minimum absolute atomic E-state index is 0.471. The first-order valence-electron chi connectivity index (χ1n) is 8.74. The lowest BCUT2D eigenvalue weighted by atomic mass is 9.84. The highest BCUT2D eigenvalue weighted by atomic mass is 16.8. The van der Waals surface area contributed by atoms with E-state index < -0.39 is 48.4 Å². The summed E-state index contributed by atoms with van der Waals surface area (Å²) in [4.78, 5) is 11.5. The molecule has 1 saturated carbocycles. The topological polar surface area (TPSA) is 83.5 Å². The molecule has 2 rings (SSSR count). The summed E-state index contributed by atoms with van der Waals surface area (Å²) in [5, 5.41) is 10.8. The summed E-state index contributed by atoms with van der Waals surface area (Å²) in [5.41, 5.74) is 0. The number of carbonyl (C=O) groups excluding carboxylic acids is 1. The summed E-state index contributed by atoms with van der Waals surface area (Å²) >= 11 is 0. The fourth-order valence-electron chi connectivity index (χ4n) is 3.31. The fraction of sp³-hybridized carbons (Fsp3) is 0.941. The molecule has 0 radical (unpaired) electrons. The second kappa shape index (κ2) is 8.10. The minimum atomic E-state index is -1.04. The number of fused-ring (bicyclic) bond motifs is 1. The summed E-state index contributed by atoms with van der Waals surface area (Å²) in [7, 11) is 0. The second-order valence-electron chi connectivity index (χ2n) is 6.80. The Hall–Kier alpha value is -0.730. The maximum absolute atomic E-state index is 11.5. The van der Waals surface area contributed by atoms with Gasteiger partial charge in [-0.3, -0.25) is 4.79 Å². The van der Waals surface area contributed by atoms with E-state index in [1.165, 1.54) is 6.92 Å². The molecule has 6 atom stereocenters. The van der Waals surface area contributed by atoms with Crippen molar-refractivity contribution < 1.29 is 33.6 Å². The quantitative estimate of drug-likeness (QED) is 0.698. The third-order valence-electron chi connectivity index (χ3n) is 4.14. The SMILES string of the molecule is CCCO[C@@H]1[C@H]2OC(C)(C)O[C@H]2[C@@H](OCCC)[C@H](O)[C@H]1OC(C)=O. The molecule has 0 amide bonds. The lowest BCUT2D eigenvalue weighted by molar-refractivity contribution is -0.229. The van der Waals surface area contributed by atoms with Crippen molar-refractivity contribution >= 4 is 5.97 Å². The van der Waals surface area contributed by atoms with Gasteiger partial charge in [0.2, 0.25) is 0 Å². The largest absolute Gasteiger partial charge is 0.457 e. The number of carbonyl (C=O) groups is 1. The average molecular weight is 346 g/mol. The molecule has 0 aromatic carbocycles. The number of rotatable bonds is 7. The Balaban J connectivity index is 2.29. The summed E-state index contributed by atoms with van der Waals surface area (Å²) in [5.74, 6) is -1.29. The standard InChI is InChI=1S/C17H30O7/c1-6-8-20-12-11(19)13(22-10(3)18)14(21-9-7-2)16-15(12)23-17(4,5)24-16/h11-16,19H,6-9H2,1-5H3/t11-,12-,13+,14-,15-,16+/m0/s1. The Morgan fingerprint density at radius 2 is 1.50 bits per heavy atom. The molecule has 140 valence electrons.